The average molecular weight is 193 g/mol. The lowest BCUT2D eigenvalue weighted by Crippen LogP contribution is -2.20. The number of aryl methyl sites for hydroxylation is 1. The molecule has 0 atom stereocenters. The van der Waals surface area contributed by atoms with Crippen LogP contribution in [0.2, 0.25) is 0 Å². The lowest BCUT2D eigenvalue weighted by molar-refractivity contribution is 0.282. The highest BCUT2D eigenvalue weighted by molar-refractivity contribution is 5.03. The molecule has 0 aliphatic heterocycles. The van der Waals surface area contributed by atoms with E-state index < -0.39 is 0 Å². The molecule has 3 nitrogen and oxygen atoms in total. The van der Waals surface area contributed by atoms with Crippen LogP contribution in [0.5, 0.6) is 0 Å². The summed E-state index contributed by atoms with van der Waals surface area (Å²) in [5, 5.41) is 7.59. The fraction of sp³-hybridized carbons (Fsp3) is 0.727. The van der Waals surface area contributed by atoms with Gasteiger partial charge < -0.3 is 5.32 Å². The normalized spacial score (nSPS) is 16.9. The van der Waals surface area contributed by atoms with Gasteiger partial charge in [-0.2, -0.15) is 5.10 Å². The zero-order valence-corrected chi connectivity index (χ0v) is 8.87. The Morgan fingerprint density at radius 3 is 3.07 bits per heavy atom. The van der Waals surface area contributed by atoms with E-state index in [1.807, 2.05) is 13.2 Å². The van der Waals surface area contributed by atoms with Crippen molar-refractivity contribution in [1.82, 2.24) is 15.1 Å². The average Bonchev–Trinajstić information content (AvgIpc) is 2.51. The molecule has 14 heavy (non-hydrogen) atoms. The summed E-state index contributed by atoms with van der Waals surface area (Å²) in [6, 6.07) is 2.86. The van der Waals surface area contributed by atoms with Crippen molar-refractivity contribution < 1.29 is 0 Å². The van der Waals surface area contributed by atoms with Gasteiger partial charge in [0.15, 0.2) is 0 Å². The number of hydrogen-bond donors (Lipinski definition) is 1. The summed E-state index contributed by atoms with van der Waals surface area (Å²) in [5.41, 5.74) is 1.41. The highest BCUT2D eigenvalue weighted by atomic mass is 15.3. The Hall–Kier alpha value is -0.830. The van der Waals surface area contributed by atoms with Gasteiger partial charge in [0.05, 0.1) is 6.04 Å². The van der Waals surface area contributed by atoms with Crippen LogP contribution in [0.3, 0.4) is 0 Å². The molecule has 1 aromatic heterocycles. The predicted octanol–water partition coefficient (Wildman–Crippen LogP) is 1.76. The molecule has 0 spiro atoms. The van der Waals surface area contributed by atoms with E-state index in [0.29, 0.717) is 6.04 Å². The van der Waals surface area contributed by atoms with E-state index in [1.54, 1.807) is 0 Å². The van der Waals surface area contributed by atoms with Gasteiger partial charge in [-0.3, -0.25) is 4.68 Å². The minimum Gasteiger partial charge on any atom is -0.320 e. The van der Waals surface area contributed by atoms with Gasteiger partial charge in [-0.25, -0.2) is 0 Å². The summed E-state index contributed by atoms with van der Waals surface area (Å²) in [4.78, 5) is 0. The minimum atomic E-state index is 0.703. The Balaban J connectivity index is 1.91. The van der Waals surface area contributed by atoms with E-state index in [2.05, 4.69) is 21.2 Å². The first-order chi connectivity index (χ1) is 6.92. The highest BCUT2D eigenvalue weighted by Gasteiger charge is 2.21. The van der Waals surface area contributed by atoms with Gasteiger partial charge in [-0.15, -0.1) is 0 Å². The summed E-state index contributed by atoms with van der Waals surface area (Å²) >= 11 is 0. The number of nitrogens with zero attached hydrogens (tertiary/aromatic N) is 2. The van der Waals surface area contributed by atoms with Crippen LogP contribution in [0.15, 0.2) is 12.3 Å². The molecule has 1 saturated carbocycles. The maximum absolute atomic E-state index is 4.41. The first-order valence-electron chi connectivity index (χ1n) is 5.59. The van der Waals surface area contributed by atoms with Crippen molar-refractivity contribution in [3.05, 3.63) is 18.0 Å². The Bertz CT molecular complexity index is 276. The number of hydrogen-bond acceptors (Lipinski definition) is 2. The summed E-state index contributed by atoms with van der Waals surface area (Å²) in [5.74, 6) is 0. The lowest BCUT2D eigenvalue weighted by Gasteiger charge is -2.27. The van der Waals surface area contributed by atoms with E-state index in [0.717, 1.165) is 13.0 Å². The third-order valence-corrected chi connectivity index (χ3v) is 3.03. The van der Waals surface area contributed by atoms with Gasteiger partial charge in [-0.05, 0) is 51.8 Å². The van der Waals surface area contributed by atoms with Crippen LogP contribution in [0.25, 0.3) is 0 Å². The standard InChI is InChI=1S/C11H19N3/c1-12-8-3-6-11-7-9-13-14(11)10-4-2-5-10/h7,9-10,12H,2-6,8H2,1H3. The van der Waals surface area contributed by atoms with Gasteiger partial charge in [-0.1, -0.05) is 0 Å². The number of aromatic nitrogens is 2. The van der Waals surface area contributed by atoms with Gasteiger partial charge >= 0.3 is 0 Å². The second-order valence-corrected chi connectivity index (χ2v) is 4.06. The Morgan fingerprint density at radius 2 is 2.43 bits per heavy atom. The molecule has 0 unspecified atom stereocenters. The van der Waals surface area contributed by atoms with Crippen molar-refractivity contribution in [2.45, 2.75) is 38.1 Å². The van der Waals surface area contributed by atoms with E-state index in [-0.39, 0.29) is 0 Å². The second kappa shape index (κ2) is 4.60. The Morgan fingerprint density at radius 1 is 1.57 bits per heavy atom. The summed E-state index contributed by atoms with van der Waals surface area (Å²) in [6.07, 6.45) is 8.31. The minimum absolute atomic E-state index is 0.703. The van der Waals surface area contributed by atoms with Crippen LogP contribution in [0, 0.1) is 0 Å². The van der Waals surface area contributed by atoms with Crippen LogP contribution >= 0.6 is 0 Å². The topological polar surface area (TPSA) is 29.9 Å². The van der Waals surface area contributed by atoms with Gasteiger partial charge in [0.1, 0.15) is 0 Å². The van der Waals surface area contributed by atoms with Gasteiger partial charge in [0, 0.05) is 11.9 Å². The highest BCUT2D eigenvalue weighted by Crippen LogP contribution is 2.31. The second-order valence-electron chi connectivity index (χ2n) is 4.06. The fourth-order valence-corrected chi connectivity index (χ4v) is 1.95. The maximum atomic E-state index is 4.41. The molecule has 1 aromatic rings. The number of rotatable bonds is 5. The van der Waals surface area contributed by atoms with Crippen molar-refractivity contribution in [1.29, 1.82) is 0 Å². The molecule has 78 valence electrons. The zero-order valence-electron chi connectivity index (χ0n) is 8.87. The molecule has 0 aromatic carbocycles. The molecular formula is C11H19N3. The summed E-state index contributed by atoms with van der Waals surface area (Å²) < 4.78 is 2.24. The van der Waals surface area contributed by atoms with Crippen molar-refractivity contribution in [2.24, 2.45) is 0 Å². The summed E-state index contributed by atoms with van der Waals surface area (Å²) in [6.45, 7) is 1.09. The molecule has 1 fully saturated rings. The largest absolute Gasteiger partial charge is 0.320 e. The molecule has 2 rings (SSSR count). The van der Waals surface area contributed by atoms with Crippen molar-refractivity contribution in [3.63, 3.8) is 0 Å². The smallest absolute Gasteiger partial charge is 0.0522 e. The van der Waals surface area contributed by atoms with Gasteiger partial charge in [0.25, 0.3) is 0 Å². The molecule has 0 bridgehead atoms. The van der Waals surface area contributed by atoms with E-state index in [4.69, 9.17) is 0 Å². The van der Waals surface area contributed by atoms with E-state index in [1.165, 1.54) is 31.4 Å². The molecule has 1 heterocycles. The molecule has 3 heteroatoms. The van der Waals surface area contributed by atoms with Gasteiger partial charge in [0.2, 0.25) is 0 Å². The molecule has 1 aliphatic carbocycles. The first-order valence-corrected chi connectivity index (χ1v) is 5.59. The molecule has 0 saturated heterocycles. The molecule has 1 N–H and O–H groups in total. The molecular weight excluding hydrogens is 174 g/mol. The van der Waals surface area contributed by atoms with Crippen LogP contribution in [-0.2, 0) is 6.42 Å². The monoisotopic (exact) mass is 193 g/mol. The fourth-order valence-electron chi connectivity index (χ4n) is 1.95. The lowest BCUT2D eigenvalue weighted by atomic mass is 9.93. The third kappa shape index (κ3) is 1.98. The van der Waals surface area contributed by atoms with E-state index >= 15 is 0 Å². The Labute approximate surface area is 85.5 Å². The van der Waals surface area contributed by atoms with Crippen LogP contribution in [0.1, 0.15) is 37.4 Å². The van der Waals surface area contributed by atoms with E-state index in [9.17, 15) is 0 Å². The quantitative estimate of drug-likeness (QED) is 0.722. The van der Waals surface area contributed by atoms with Crippen molar-refractivity contribution in [2.75, 3.05) is 13.6 Å². The van der Waals surface area contributed by atoms with Crippen LogP contribution in [-0.4, -0.2) is 23.4 Å². The first kappa shape index (κ1) is 9.71. The maximum Gasteiger partial charge on any atom is 0.0522 e. The molecule has 0 amide bonds. The number of nitrogens with one attached hydrogen (secondary N) is 1. The van der Waals surface area contributed by atoms with Crippen LogP contribution < -0.4 is 5.32 Å². The summed E-state index contributed by atoms with van der Waals surface area (Å²) in [7, 11) is 2.00. The third-order valence-electron chi connectivity index (χ3n) is 3.03. The molecule has 0 radical (unpaired) electrons. The van der Waals surface area contributed by atoms with Crippen molar-refractivity contribution in [3.8, 4) is 0 Å². The predicted molar refractivity (Wildman–Crippen MR) is 57.4 cm³/mol. The van der Waals surface area contributed by atoms with Crippen molar-refractivity contribution >= 4 is 0 Å². The molecule has 1 aliphatic rings. The SMILES string of the molecule is CNCCCc1ccnn1C1CCC1. The zero-order chi connectivity index (χ0) is 9.80. The Kier molecular flexibility index (Phi) is 3.19. The van der Waals surface area contributed by atoms with Crippen LogP contribution in [0.4, 0.5) is 0 Å².